The van der Waals surface area contributed by atoms with Crippen molar-refractivity contribution in [3.05, 3.63) is 70.5 Å². The summed E-state index contributed by atoms with van der Waals surface area (Å²) in [6, 6.07) is 10.7. The van der Waals surface area contributed by atoms with E-state index in [2.05, 4.69) is 0 Å². The highest BCUT2D eigenvalue weighted by Gasteiger charge is 2.66. The standard InChI is InChI=1S/C23H21FN2O5/c1-13-8-9-14(12-16(13)24)19(27)18-20(28)21(29)26(10-11-31-3)23(18)15-6-4-5-7-17(15)25(2)22(23)30/h4-9,12,27H,10-11H2,1-3H3/t23-/m0/s1. The lowest BCUT2D eigenvalue weighted by molar-refractivity contribution is -0.144. The number of ketones is 1. The van der Waals surface area contributed by atoms with Crippen molar-refractivity contribution in [3.8, 4) is 0 Å². The maximum Gasteiger partial charge on any atom is 0.296 e. The first-order valence-electron chi connectivity index (χ1n) is 9.70. The van der Waals surface area contributed by atoms with Crippen LogP contribution >= 0.6 is 0 Å². The Balaban J connectivity index is 2.06. The molecule has 2 aromatic rings. The van der Waals surface area contributed by atoms with Gasteiger partial charge in [0.1, 0.15) is 11.6 Å². The van der Waals surface area contributed by atoms with Crippen LogP contribution in [0.25, 0.3) is 5.76 Å². The quantitative estimate of drug-likeness (QED) is 0.463. The number of aryl methyl sites for hydroxylation is 1. The fraction of sp³-hybridized carbons (Fsp3) is 0.261. The van der Waals surface area contributed by atoms with Crippen molar-refractivity contribution in [1.82, 2.24) is 4.90 Å². The number of aliphatic hydroxyl groups is 1. The summed E-state index contributed by atoms with van der Waals surface area (Å²) in [6.45, 7) is 1.59. The number of Topliss-reactive ketones (excluding diaryl/α,β-unsaturated/α-hetero) is 1. The molecular weight excluding hydrogens is 403 g/mol. The second kappa shape index (κ2) is 7.31. The summed E-state index contributed by atoms with van der Waals surface area (Å²) >= 11 is 0. The van der Waals surface area contributed by atoms with E-state index in [4.69, 9.17) is 4.74 Å². The Bertz CT molecular complexity index is 1160. The third-order valence-electron chi connectivity index (χ3n) is 5.90. The van der Waals surface area contributed by atoms with Gasteiger partial charge < -0.3 is 19.6 Å². The third-order valence-corrected chi connectivity index (χ3v) is 5.90. The number of aliphatic hydroxyl groups excluding tert-OH is 1. The molecule has 0 aliphatic carbocycles. The minimum Gasteiger partial charge on any atom is -0.507 e. The van der Waals surface area contributed by atoms with E-state index in [1.54, 1.807) is 31.2 Å². The lowest BCUT2D eigenvalue weighted by Crippen LogP contribution is -2.52. The highest BCUT2D eigenvalue weighted by Crippen LogP contribution is 2.53. The van der Waals surface area contributed by atoms with E-state index >= 15 is 0 Å². The van der Waals surface area contributed by atoms with Gasteiger partial charge in [-0.15, -0.1) is 0 Å². The molecule has 1 atom stereocenters. The van der Waals surface area contributed by atoms with Crippen LogP contribution in [-0.4, -0.2) is 54.9 Å². The number of para-hydroxylation sites is 1. The molecular formula is C23H21FN2O5. The lowest BCUT2D eigenvalue weighted by atomic mass is 9.82. The van der Waals surface area contributed by atoms with Crippen molar-refractivity contribution in [3.63, 3.8) is 0 Å². The molecule has 0 aromatic heterocycles. The van der Waals surface area contributed by atoms with Gasteiger partial charge in [-0.1, -0.05) is 30.3 Å². The molecule has 31 heavy (non-hydrogen) atoms. The number of hydrogen-bond acceptors (Lipinski definition) is 5. The fourth-order valence-electron chi connectivity index (χ4n) is 4.34. The number of likely N-dealkylation sites (N-methyl/N-ethyl adjacent to an activating group) is 1. The van der Waals surface area contributed by atoms with Gasteiger partial charge in [0.25, 0.3) is 17.6 Å². The smallest absolute Gasteiger partial charge is 0.296 e. The zero-order valence-corrected chi connectivity index (χ0v) is 17.3. The van der Waals surface area contributed by atoms with E-state index in [1.165, 1.54) is 31.2 Å². The Kier molecular flexibility index (Phi) is 4.89. The van der Waals surface area contributed by atoms with E-state index in [9.17, 15) is 23.9 Å². The molecule has 1 N–H and O–H groups in total. The van der Waals surface area contributed by atoms with Crippen LogP contribution in [0.1, 0.15) is 16.7 Å². The SMILES string of the molecule is COCCN1C(=O)C(=O)C(=C(O)c2ccc(C)c(F)c2)[C@@]12C(=O)N(C)c1ccccc12. The van der Waals surface area contributed by atoms with E-state index < -0.39 is 34.7 Å². The molecule has 2 aliphatic rings. The second-order valence-electron chi connectivity index (χ2n) is 7.56. The molecule has 1 fully saturated rings. The number of benzene rings is 2. The van der Waals surface area contributed by atoms with Crippen molar-refractivity contribution >= 4 is 29.0 Å². The van der Waals surface area contributed by atoms with E-state index in [0.717, 1.165) is 11.0 Å². The Labute approximate surface area is 178 Å². The molecule has 2 heterocycles. The van der Waals surface area contributed by atoms with E-state index in [-0.39, 0.29) is 24.3 Å². The monoisotopic (exact) mass is 424 g/mol. The highest BCUT2D eigenvalue weighted by molar-refractivity contribution is 6.50. The number of hydrogen-bond donors (Lipinski definition) is 1. The Hall–Kier alpha value is -3.52. The topological polar surface area (TPSA) is 87.1 Å². The zero-order valence-electron chi connectivity index (χ0n) is 17.3. The number of anilines is 1. The molecule has 2 aromatic carbocycles. The van der Waals surface area contributed by atoms with Gasteiger partial charge in [-0.2, -0.15) is 0 Å². The van der Waals surface area contributed by atoms with Gasteiger partial charge in [-0.05, 0) is 24.6 Å². The number of carbonyl (C=O) groups is 3. The summed E-state index contributed by atoms with van der Waals surface area (Å²) in [7, 11) is 2.98. The maximum absolute atomic E-state index is 14.2. The summed E-state index contributed by atoms with van der Waals surface area (Å²) in [5.74, 6) is -3.67. The number of likely N-dealkylation sites (tertiary alicyclic amines) is 1. The number of fused-ring (bicyclic) bond motifs is 2. The van der Waals surface area contributed by atoms with Gasteiger partial charge in [0, 0.05) is 37.5 Å². The number of halogens is 1. The van der Waals surface area contributed by atoms with Gasteiger partial charge >= 0.3 is 0 Å². The predicted octanol–water partition coefficient (Wildman–Crippen LogP) is 2.33. The molecule has 4 rings (SSSR count). The predicted molar refractivity (Wildman–Crippen MR) is 111 cm³/mol. The normalized spacial score (nSPS) is 22.0. The van der Waals surface area contributed by atoms with Crippen LogP contribution in [0.2, 0.25) is 0 Å². The zero-order chi connectivity index (χ0) is 22.5. The highest BCUT2D eigenvalue weighted by atomic mass is 19.1. The molecule has 7 nitrogen and oxygen atoms in total. The molecule has 0 bridgehead atoms. The molecule has 0 saturated carbocycles. The molecule has 0 unspecified atom stereocenters. The minimum atomic E-state index is -1.86. The first kappa shape index (κ1) is 20.7. The van der Waals surface area contributed by atoms with Gasteiger partial charge in [-0.25, -0.2) is 4.39 Å². The fourth-order valence-corrected chi connectivity index (χ4v) is 4.34. The number of carbonyl (C=O) groups excluding carboxylic acids is 3. The van der Waals surface area contributed by atoms with Crippen molar-refractivity contribution in [1.29, 1.82) is 0 Å². The average molecular weight is 424 g/mol. The van der Waals surface area contributed by atoms with Gasteiger partial charge in [0.05, 0.1) is 12.2 Å². The number of nitrogens with zero attached hydrogens (tertiary/aromatic N) is 2. The second-order valence-corrected chi connectivity index (χ2v) is 7.56. The van der Waals surface area contributed by atoms with Crippen LogP contribution in [0.4, 0.5) is 10.1 Å². The van der Waals surface area contributed by atoms with Crippen LogP contribution in [0.15, 0.2) is 48.0 Å². The van der Waals surface area contributed by atoms with Crippen molar-refractivity contribution < 1.29 is 28.6 Å². The molecule has 2 amide bonds. The van der Waals surface area contributed by atoms with E-state index in [1.807, 2.05) is 0 Å². The largest absolute Gasteiger partial charge is 0.507 e. The number of methoxy groups -OCH3 is 1. The van der Waals surface area contributed by atoms with E-state index in [0.29, 0.717) is 16.8 Å². The summed E-state index contributed by atoms with van der Waals surface area (Å²) < 4.78 is 19.3. The lowest BCUT2D eigenvalue weighted by Gasteiger charge is -2.34. The van der Waals surface area contributed by atoms with Crippen LogP contribution in [0, 0.1) is 12.7 Å². The van der Waals surface area contributed by atoms with Gasteiger partial charge in [0.15, 0.2) is 5.54 Å². The average Bonchev–Trinajstić information content (AvgIpc) is 3.12. The molecule has 160 valence electrons. The van der Waals surface area contributed by atoms with Crippen LogP contribution in [0.5, 0.6) is 0 Å². The first-order chi connectivity index (χ1) is 14.8. The first-order valence-corrected chi connectivity index (χ1v) is 9.70. The third kappa shape index (κ3) is 2.71. The summed E-state index contributed by atoms with van der Waals surface area (Å²) in [5.41, 5.74) is -0.965. The minimum absolute atomic E-state index is 0.00653. The molecule has 0 radical (unpaired) electrons. The van der Waals surface area contributed by atoms with Gasteiger partial charge in [0.2, 0.25) is 0 Å². The molecule has 1 saturated heterocycles. The van der Waals surface area contributed by atoms with Crippen LogP contribution in [-0.2, 0) is 24.7 Å². The van der Waals surface area contributed by atoms with Crippen LogP contribution in [0.3, 0.4) is 0 Å². The number of amides is 2. The van der Waals surface area contributed by atoms with Crippen molar-refractivity contribution in [2.24, 2.45) is 0 Å². The molecule has 1 spiro atoms. The Morgan fingerprint density at radius 3 is 2.55 bits per heavy atom. The summed E-state index contributed by atoms with van der Waals surface area (Å²) in [6.07, 6.45) is 0. The Morgan fingerprint density at radius 2 is 1.87 bits per heavy atom. The summed E-state index contributed by atoms with van der Waals surface area (Å²) in [4.78, 5) is 42.3. The van der Waals surface area contributed by atoms with Gasteiger partial charge in [-0.3, -0.25) is 14.4 Å². The van der Waals surface area contributed by atoms with Crippen molar-refractivity contribution in [2.75, 3.05) is 32.2 Å². The maximum atomic E-state index is 14.2. The van der Waals surface area contributed by atoms with Crippen molar-refractivity contribution in [2.45, 2.75) is 12.5 Å². The van der Waals surface area contributed by atoms with Crippen LogP contribution < -0.4 is 4.90 Å². The molecule has 2 aliphatic heterocycles. The number of ether oxygens (including phenoxy) is 1. The Morgan fingerprint density at radius 1 is 1.16 bits per heavy atom. The summed E-state index contributed by atoms with van der Waals surface area (Å²) in [5, 5.41) is 11.1. The number of rotatable bonds is 4. The molecule has 8 heteroatoms.